The molecule has 3 amide bonds. The van der Waals surface area contributed by atoms with Crippen LogP contribution in [0, 0.1) is 10.1 Å². The van der Waals surface area contributed by atoms with Crippen LogP contribution in [0.15, 0.2) is 85.2 Å². The third-order valence-electron chi connectivity index (χ3n) is 8.77. The zero-order chi connectivity index (χ0) is 41.4. The molecule has 1 unspecified atom stereocenters. The van der Waals surface area contributed by atoms with E-state index in [2.05, 4.69) is 79.5 Å². The molecule has 0 bridgehead atoms. The number of carbonyl (C=O) groups is 3. The number of ether oxygens (including phenoxy) is 1. The Morgan fingerprint density at radius 1 is 0.948 bits per heavy atom. The van der Waals surface area contributed by atoms with Crippen LogP contribution in [0.4, 0.5) is 5.82 Å². The Morgan fingerprint density at radius 2 is 1.64 bits per heavy atom. The van der Waals surface area contributed by atoms with Crippen molar-refractivity contribution in [3.8, 4) is 28.3 Å². The fourth-order valence-corrected chi connectivity index (χ4v) is 6.75. The molecule has 0 spiro atoms. The minimum atomic E-state index is -1.29. The molecule has 3 heterocycles. The number of methoxy groups -OCH3 is 1. The fraction of sp³-hybridized carbons (Fsp3) is 0.300. The molecular weight excluding hydrogens is 763 g/mol. The molecule has 304 valence electrons. The van der Waals surface area contributed by atoms with Crippen molar-refractivity contribution in [2.75, 3.05) is 53.3 Å². The summed E-state index contributed by atoms with van der Waals surface area (Å²) in [5, 5.41) is 22.5. The molecule has 0 radical (unpaired) electrons. The summed E-state index contributed by atoms with van der Waals surface area (Å²) in [7, 11) is 5.59. The number of imidazole rings is 1. The first-order valence-corrected chi connectivity index (χ1v) is 19.6. The summed E-state index contributed by atoms with van der Waals surface area (Å²) in [6, 6.07) is 23.1. The fourth-order valence-electron chi connectivity index (χ4n) is 5.69. The maximum atomic E-state index is 13.4. The number of hydrogen-bond donors (Lipinski definition) is 6. The molecule has 5 rings (SSSR count). The first kappa shape index (κ1) is 42.9. The van der Waals surface area contributed by atoms with Crippen molar-refractivity contribution < 1.29 is 24.0 Å². The van der Waals surface area contributed by atoms with E-state index in [1.54, 1.807) is 18.2 Å². The van der Waals surface area contributed by atoms with Crippen LogP contribution in [0.3, 0.4) is 0 Å². The molecule has 0 saturated carbocycles. The van der Waals surface area contributed by atoms with Crippen molar-refractivity contribution in [3.05, 3.63) is 124 Å². The Bertz CT molecular complexity index is 2160. The molecule has 18 heteroatoms. The van der Waals surface area contributed by atoms with Crippen molar-refractivity contribution in [1.29, 1.82) is 0 Å². The molecule has 0 aliphatic carbocycles. The van der Waals surface area contributed by atoms with E-state index in [0.29, 0.717) is 17.0 Å². The van der Waals surface area contributed by atoms with Crippen molar-refractivity contribution in [2.24, 2.45) is 5.73 Å². The van der Waals surface area contributed by atoms with Gasteiger partial charge >= 0.3 is 5.82 Å². The molecule has 2 aromatic carbocycles. The summed E-state index contributed by atoms with van der Waals surface area (Å²) in [5.74, 6) is 0.242. The highest BCUT2D eigenvalue weighted by Gasteiger charge is 2.28. The molecule has 17 nitrogen and oxygen atoms in total. The number of pyridine rings is 2. The van der Waals surface area contributed by atoms with Gasteiger partial charge in [0.2, 0.25) is 5.91 Å². The summed E-state index contributed by atoms with van der Waals surface area (Å²) >= 11 is 1.91. The quantitative estimate of drug-likeness (QED) is 0.0271. The normalized spacial score (nSPS) is 11.5. The van der Waals surface area contributed by atoms with E-state index in [9.17, 15) is 24.5 Å². The van der Waals surface area contributed by atoms with E-state index >= 15 is 0 Å². The van der Waals surface area contributed by atoms with E-state index in [4.69, 9.17) is 15.5 Å². The standard InChI is InChI=1S/C40H47N11O6S/c1-50(2)17-18-58-23-26-7-9-27(10-8-26)32-5-4-6-33(48-32)28-11-13-29(14-12-28)38(52)43-15-16-44-39(53)36(21-34-37(51(55)56)46-25-45-34)49-40(54)35-20-31(57-3)19-30(47-35)22-42-24-41/h4-14,19-20,25,36,42H,15-18,21-24,41H2,1-3H3,(H,43,52)(H,44,53)(H,45,46)(H,49,54). The van der Waals surface area contributed by atoms with Gasteiger partial charge in [-0.1, -0.05) is 42.5 Å². The largest absolute Gasteiger partial charge is 0.497 e. The van der Waals surface area contributed by atoms with E-state index in [-0.39, 0.29) is 50.0 Å². The van der Waals surface area contributed by atoms with Crippen molar-refractivity contribution in [3.63, 3.8) is 0 Å². The van der Waals surface area contributed by atoms with Gasteiger partial charge in [-0.3, -0.25) is 19.7 Å². The third kappa shape index (κ3) is 12.4. The van der Waals surface area contributed by atoms with Crippen LogP contribution < -0.4 is 31.7 Å². The Balaban J connectivity index is 1.16. The number of benzene rings is 2. The Morgan fingerprint density at radius 3 is 2.29 bits per heavy atom. The Labute approximate surface area is 340 Å². The highest BCUT2D eigenvalue weighted by molar-refractivity contribution is 7.98. The summed E-state index contributed by atoms with van der Waals surface area (Å²) in [6.07, 6.45) is 0.830. The van der Waals surface area contributed by atoms with Crippen LogP contribution in [0.2, 0.25) is 0 Å². The number of carbonyl (C=O) groups excluding carboxylic acids is 3. The van der Waals surface area contributed by atoms with Crippen molar-refractivity contribution in [1.82, 2.24) is 46.1 Å². The number of H-pyrrole nitrogens is 1. The number of thioether (sulfide) groups is 1. The second-order valence-corrected chi connectivity index (χ2v) is 14.4. The lowest BCUT2D eigenvalue weighted by Gasteiger charge is -2.18. The van der Waals surface area contributed by atoms with Crippen LogP contribution in [0.1, 0.15) is 37.8 Å². The molecule has 0 aliphatic heterocycles. The number of nitrogens with zero attached hydrogens (tertiary/aromatic N) is 5. The van der Waals surface area contributed by atoms with Gasteiger partial charge in [0.25, 0.3) is 11.8 Å². The number of nitrogens with two attached hydrogens (primary N) is 1. The van der Waals surface area contributed by atoms with Gasteiger partial charge in [0.1, 0.15) is 23.2 Å². The lowest BCUT2D eigenvalue weighted by molar-refractivity contribution is -0.390. The topological polar surface area (TPSA) is 235 Å². The average Bonchev–Trinajstić information content (AvgIpc) is 3.71. The summed E-state index contributed by atoms with van der Waals surface area (Å²) in [5.41, 5.74) is 11.1. The van der Waals surface area contributed by atoms with E-state index in [1.165, 1.54) is 18.7 Å². The Hall–Kier alpha value is -6.21. The van der Waals surface area contributed by atoms with Crippen LogP contribution in [-0.4, -0.2) is 107 Å². The number of hydrogen-bond acceptors (Lipinski definition) is 13. The lowest BCUT2D eigenvalue weighted by Crippen LogP contribution is -2.49. The second-order valence-electron chi connectivity index (χ2n) is 13.3. The molecule has 58 heavy (non-hydrogen) atoms. The smallest absolute Gasteiger partial charge is 0.343 e. The number of rotatable bonds is 21. The second kappa shape index (κ2) is 21.4. The lowest BCUT2D eigenvalue weighted by atomic mass is 10.1. The molecule has 0 fully saturated rings. The summed E-state index contributed by atoms with van der Waals surface area (Å²) < 4.78 is 5.30. The maximum absolute atomic E-state index is 13.4. The van der Waals surface area contributed by atoms with Gasteiger partial charge in [0.15, 0.2) is 6.33 Å². The Kier molecular flexibility index (Phi) is 15.8. The van der Waals surface area contributed by atoms with Crippen LogP contribution in [-0.2, 0) is 23.5 Å². The van der Waals surface area contributed by atoms with Crippen LogP contribution >= 0.6 is 11.8 Å². The SMILES string of the molecule is COc1cc(CNCN)nc(C(=O)NC(Cc2nc[nH]c2[N+](=O)[O-])C(=O)NCCNC(=O)c2ccc(-c3cccc(-c4ccc(CSCCN(C)C)cc4)n3)cc2)c1. The zero-order valence-corrected chi connectivity index (χ0v) is 33.3. The van der Waals surface area contributed by atoms with Crippen LogP contribution in [0.25, 0.3) is 22.5 Å². The maximum Gasteiger partial charge on any atom is 0.343 e. The van der Waals surface area contributed by atoms with Gasteiger partial charge in [-0.25, -0.2) is 19.9 Å². The van der Waals surface area contributed by atoms with Gasteiger partial charge in [-0.2, -0.15) is 11.8 Å². The van der Waals surface area contributed by atoms with E-state index in [0.717, 1.165) is 46.9 Å². The van der Waals surface area contributed by atoms with Crippen molar-refractivity contribution >= 4 is 35.3 Å². The highest BCUT2D eigenvalue weighted by atomic mass is 32.2. The first-order valence-electron chi connectivity index (χ1n) is 18.4. The predicted octanol–water partition coefficient (Wildman–Crippen LogP) is 3.14. The molecule has 1 atom stereocenters. The number of aromatic nitrogens is 4. The average molecular weight is 810 g/mol. The van der Waals surface area contributed by atoms with Gasteiger partial charge in [0, 0.05) is 79.6 Å². The van der Waals surface area contributed by atoms with E-state index < -0.39 is 28.6 Å². The molecular formula is C40H47N11O6S. The number of nitro groups is 1. The van der Waals surface area contributed by atoms with Crippen LogP contribution in [0.5, 0.6) is 5.75 Å². The van der Waals surface area contributed by atoms with Gasteiger partial charge in [-0.15, -0.1) is 0 Å². The molecule has 3 aromatic heterocycles. The van der Waals surface area contributed by atoms with E-state index in [1.807, 2.05) is 42.1 Å². The van der Waals surface area contributed by atoms with Gasteiger partial charge < -0.3 is 41.4 Å². The summed E-state index contributed by atoms with van der Waals surface area (Å²) in [6.45, 7) is 1.53. The minimum Gasteiger partial charge on any atom is -0.497 e. The van der Waals surface area contributed by atoms with Crippen molar-refractivity contribution in [2.45, 2.75) is 24.8 Å². The first-order chi connectivity index (χ1) is 28.0. The summed E-state index contributed by atoms with van der Waals surface area (Å²) in [4.78, 5) is 68.4. The predicted molar refractivity (Wildman–Crippen MR) is 222 cm³/mol. The van der Waals surface area contributed by atoms with Gasteiger partial charge in [0.05, 0.1) is 24.2 Å². The molecule has 0 saturated heterocycles. The number of nitrogens with one attached hydrogen (secondary N) is 5. The minimum absolute atomic E-state index is 0.00299. The highest BCUT2D eigenvalue weighted by Crippen LogP contribution is 2.25. The zero-order valence-electron chi connectivity index (χ0n) is 32.5. The number of amides is 3. The number of aromatic amines is 1. The third-order valence-corrected chi connectivity index (χ3v) is 9.78. The molecule has 0 aliphatic rings. The molecule has 7 N–H and O–H groups in total. The van der Waals surface area contributed by atoms with Gasteiger partial charge in [-0.05, 0) is 48.8 Å². The molecule has 5 aromatic rings. The monoisotopic (exact) mass is 809 g/mol.